The molecule has 0 aromatic heterocycles. The zero-order chi connectivity index (χ0) is 11.5. The molecule has 1 N–H and O–H groups in total. The van der Waals surface area contributed by atoms with Crippen molar-refractivity contribution in [3.8, 4) is 5.75 Å². The van der Waals surface area contributed by atoms with Crippen LogP contribution in [0.3, 0.4) is 0 Å². The van der Waals surface area contributed by atoms with Gasteiger partial charge in [-0.3, -0.25) is 0 Å². The van der Waals surface area contributed by atoms with E-state index in [9.17, 15) is 13.6 Å². The van der Waals surface area contributed by atoms with E-state index in [1.807, 2.05) is 0 Å². The first kappa shape index (κ1) is 10.7. The van der Waals surface area contributed by atoms with Crippen LogP contribution in [0.15, 0.2) is 24.3 Å². The highest BCUT2D eigenvalue weighted by Gasteiger charge is 2.26. The number of rotatable bonds is 3. The smallest absolute Gasteiger partial charge is 0.407 e. The van der Waals surface area contributed by atoms with E-state index in [1.54, 1.807) is 18.2 Å². The molecule has 1 aromatic carbocycles. The van der Waals surface area contributed by atoms with Crippen molar-refractivity contribution >= 4 is 6.09 Å². The average molecular weight is 229 g/mol. The maximum Gasteiger partial charge on any atom is 0.407 e. The molecule has 1 aliphatic heterocycles. The van der Waals surface area contributed by atoms with Crippen LogP contribution in [0.5, 0.6) is 5.75 Å². The molecule has 1 amide bonds. The molecule has 16 heavy (non-hydrogen) atoms. The zero-order valence-electron chi connectivity index (χ0n) is 8.15. The van der Waals surface area contributed by atoms with Crippen LogP contribution in [0.1, 0.15) is 11.6 Å². The SMILES string of the molecule is O=C1N[C@H](c2ccccc2OC(F)F)CO1. The van der Waals surface area contributed by atoms with Crippen molar-refractivity contribution in [1.29, 1.82) is 0 Å². The van der Waals surface area contributed by atoms with Crippen molar-refractivity contribution in [3.63, 3.8) is 0 Å². The number of carbonyl (C=O) groups excluding carboxylic acids is 1. The van der Waals surface area contributed by atoms with Gasteiger partial charge in [-0.05, 0) is 6.07 Å². The lowest BCUT2D eigenvalue weighted by Crippen LogP contribution is -2.19. The summed E-state index contributed by atoms with van der Waals surface area (Å²) in [5.41, 5.74) is 0.480. The summed E-state index contributed by atoms with van der Waals surface area (Å²) >= 11 is 0. The standard InChI is InChI=1S/C10H9F2NO3/c11-9(12)16-8-4-2-1-3-6(8)7-5-15-10(14)13-7/h1-4,7,9H,5H2,(H,13,14)/t7-/m0/s1. The van der Waals surface area contributed by atoms with Crippen LogP contribution in [0.25, 0.3) is 0 Å². The second-order valence-corrected chi connectivity index (χ2v) is 3.21. The van der Waals surface area contributed by atoms with E-state index in [0.717, 1.165) is 0 Å². The Hall–Kier alpha value is -1.85. The molecule has 0 aliphatic carbocycles. The van der Waals surface area contributed by atoms with Gasteiger partial charge >= 0.3 is 12.7 Å². The molecule has 2 rings (SSSR count). The number of benzene rings is 1. The molecule has 1 saturated heterocycles. The summed E-state index contributed by atoms with van der Waals surface area (Å²) in [5.74, 6) is 0.0494. The van der Waals surface area contributed by atoms with Gasteiger partial charge in [0.15, 0.2) is 0 Å². The van der Waals surface area contributed by atoms with Crippen LogP contribution >= 0.6 is 0 Å². The Morgan fingerprint density at radius 3 is 2.81 bits per heavy atom. The van der Waals surface area contributed by atoms with Gasteiger partial charge in [0.05, 0.1) is 6.04 Å². The van der Waals surface area contributed by atoms with Gasteiger partial charge in [0.25, 0.3) is 0 Å². The Bertz CT molecular complexity index is 397. The number of alkyl carbamates (subject to hydrolysis) is 1. The van der Waals surface area contributed by atoms with Gasteiger partial charge in [-0.2, -0.15) is 8.78 Å². The number of para-hydroxylation sites is 1. The fraction of sp³-hybridized carbons (Fsp3) is 0.300. The highest BCUT2D eigenvalue weighted by molar-refractivity contribution is 5.70. The highest BCUT2D eigenvalue weighted by Crippen LogP contribution is 2.28. The Kier molecular flexibility index (Phi) is 2.89. The molecule has 4 nitrogen and oxygen atoms in total. The van der Waals surface area contributed by atoms with Crippen molar-refractivity contribution in [2.75, 3.05) is 6.61 Å². The molecular weight excluding hydrogens is 220 g/mol. The van der Waals surface area contributed by atoms with Crippen molar-refractivity contribution in [2.24, 2.45) is 0 Å². The van der Waals surface area contributed by atoms with E-state index in [1.165, 1.54) is 6.07 Å². The van der Waals surface area contributed by atoms with Crippen molar-refractivity contribution in [3.05, 3.63) is 29.8 Å². The van der Waals surface area contributed by atoms with Crippen molar-refractivity contribution < 1.29 is 23.0 Å². The highest BCUT2D eigenvalue weighted by atomic mass is 19.3. The monoisotopic (exact) mass is 229 g/mol. The van der Waals surface area contributed by atoms with Gasteiger partial charge in [0.1, 0.15) is 12.4 Å². The van der Waals surface area contributed by atoms with E-state index in [4.69, 9.17) is 0 Å². The number of cyclic esters (lactones) is 1. The van der Waals surface area contributed by atoms with Gasteiger partial charge < -0.3 is 14.8 Å². The van der Waals surface area contributed by atoms with E-state index >= 15 is 0 Å². The van der Waals surface area contributed by atoms with Crippen LogP contribution in [0.4, 0.5) is 13.6 Å². The summed E-state index contributed by atoms with van der Waals surface area (Å²) in [6.45, 7) is -2.78. The minimum Gasteiger partial charge on any atom is -0.447 e. The third-order valence-corrected chi connectivity index (χ3v) is 2.18. The van der Waals surface area contributed by atoms with E-state index in [-0.39, 0.29) is 12.4 Å². The number of alkyl halides is 2. The van der Waals surface area contributed by atoms with Gasteiger partial charge in [-0.1, -0.05) is 18.2 Å². The maximum absolute atomic E-state index is 12.1. The van der Waals surface area contributed by atoms with Crippen molar-refractivity contribution in [1.82, 2.24) is 5.32 Å². The predicted molar refractivity (Wildman–Crippen MR) is 50.3 cm³/mol. The Labute approximate surface area is 90.2 Å². The Morgan fingerprint density at radius 1 is 1.44 bits per heavy atom. The van der Waals surface area contributed by atoms with Gasteiger partial charge in [0.2, 0.25) is 0 Å². The summed E-state index contributed by atoms with van der Waals surface area (Å²) < 4.78 is 33.3. The van der Waals surface area contributed by atoms with Crippen LogP contribution in [0, 0.1) is 0 Å². The molecule has 1 atom stereocenters. The van der Waals surface area contributed by atoms with Crippen LogP contribution in [-0.4, -0.2) is 19.3 Å². The number of ether oxygens (including phenoxy) is 2. The normalized spacial score (nSPS) is 19.4. The largest absolute Gasteiger partial charge is 0.447 e. The molecule has 6 heteroatoms. The third kappa shape index (κ3) is 2.21. The molecule has 0 bridgehead atoms. The number of nitrogens with one attached hydrogen (secondary N) is 1. The molecule has 0 spiro atoms. The lowest BCUT2D eigenvalue weighted by atomic mass is 10.1. The maximum atomic E-state index is 12.1. The first-order valence-corrected chi connectivity index (χ1v) is 4.64. The molecule has 0 unspecified atom stereocenters. The van der Waals surface area contributed by atoms with Crippen LogP contribution in [-0.2, 0) is 4.74 Å². The topological polar surface area (TPSA) is 47.6 Å². The summed E-state index contributed by atoms with van der Waals surface area (Å²) in [7, 11) is 0. The number of hydrogen-bond acceptors (Lipinski definition) is 3. The minimum absolute atomic E-state index is 0.0494. The molecular formula is C10H9F2NO3. The summed E-state index contributed by atoms with van der Waals surface area (Å²) in [5, 5.41) is 2.50. The number of carbonyl (C=O) groups is 1. The summed E-state index contributed by atoms with van der Waals surface area (Å²) in [6.07, 6.45) is -0.558. The minimum atomic E-state index is -2.89. The summed E-state index contributed by atoms with van der Waals surface area (Å²) in [4.78, 5) is 10.8. The van der Waals surface area contributed by atoms with E-state index in [0.29, 0.717) is 5.56 Å². The summed E-state index contributed by atoms with van der Waals surface area (Å²) in [6, 6.07) is 5.85. The quantitative estimate of drug-likeness (QED) is 0.863. The third-order valence-electron chi connectivity index (χ3n) is 2.18. The van der Waals surface area contributed by atoms with Gasteiger partial charge in [0, 0.05) is 5.56 Å². The molecule has 1 heterocycles. The number of halogens is 2. The van der Waals surface area contributed by atoms with Crippen LogP contribution in [0.2, 0.25) is 0 Å². The second kappa shape index (κ2) is 4.34. The second-order valence-electron chi connectivity index (χ2n) is 3.21. The lowest BCUT2D eigenvalue weighted by molar-refractivity contribution is -0.0507. The fourth-order valence-electron chi connectivity index (χ4n) is 1.52. The Morgan fingerprint density at radius 2 is 2.19 bits per heavy atom. The lowest BCUT2D eigenvalue weighted by Gasteiger charge is -2.13. The predicted octanol–water partition coefficient (Wildman–Crippen LogP) is 2.07. The number of amides is 1. The van der Waals surface area contributed by atoms with E-state index in [2.05, 4.69) is 14.8 Å². The Balaban J connectivity index is 2.22. The molecule has 1 fully saturated rings. The van der Waals surface area contributed by atoms with Crippen molar-refractivity contribution in [2.45, 2.75) is 12.7 Å². The average Bonchev–Trinajstić information content (AvgIpc) is 2.65. The molecule has 86 valence electrons. The first-order chi connectivity index (χ1) is 7.66. The zero-order valence-corrected chi connectivity index (χ0v) is 8.15. The van der Waals surface area contributed by atoms with E-state index < -0.39 is 18.7 Å². The fourth-order valence-corrected chi connectivity index (χ4v) is 1.52. The van der Waals surface area contributed by atoms with Gasteiger partial charge in [-0.25, -0.2) is 4.79 Å². The number of hydrogen-bond donors (Lipinski definition) is 1. The molecule has 0 saturated carbocycles. The first-order valence-electron chi connectivity index (χ1n) is 4.64. The van der Waals surface area contributed by atoms with Crippen LogP contribution < -0.4 is 10.1 Å². The van der Waals surface area contributed by atoms with Gasteiger partial charge in [-0.15, -0.1) is 0 Å². The molecule has 1 aliphatic rings. The molecule has 0 radical (unpaired) electrons. The molecule has 1 aromatic rings.